The summed E-state index contributed by atoms with van der Waals surface area (Å²) in [5.41, 5.74) is -0.763. The van der Waals surface area contributed by atoms with Crippen molar-refractivity contribution in [1.29, 1.82) is 0 Å². The number of ether oxygens (including phenoxy) is 2. The number of benzene rings is 2. The van der Waals surface area contributed by atoms with Gasteiger partial charge < -0.3 is 23.4 Å². The first-order valence-corrected chi connectivity index (χ1v) is 6.84. The monoisotopic (exact) mass is 312 g/mol. The van der Waals surface area contributed by atoms with Gasteiger partial charge in [0.25, 0.3) is 0 Å². The number of aromatic hydroxyl groups is 1. The smallest absolute Gasteiger partial charge is 0.344 e. The Morgan fingerprint density at radius 1 is 0.957 bits per heavy atom. The molecule has 2 aromatic heterocycles. The van der Waals surface area contributed by atoms with Crippen LogP contribution in [0.2, 0.25) is 0 Å². The van der Waals surface area contributed by atoms with E-state index in [0.29, 0.717) is 22.1 Å². The molecule has 7 nitrogen and oxygen atoms in total. The van der Waals surface area contributed by atoms with Crippen molar-refractivity contribution in [2.75, 3.05) is 6.79 Å². The molecule has 3 heterocycles. The van der Waals surface area contributed by atoms with Gasteiger partial charge in [-0.2, -0.15) is 0 Å². The molecule has 5 rings (SSSR count). The normalized spacial score (nSPS) is 13.6. The fourth-order valence-corrected chi connectivity index (χ4v) is 3.10. The molecule has 0 saturated heterocycles. The first-order chi connectivity index (χ1) is 11.1. The Morgan fingerprint density at radius 2 is 1.61 bits per heavy atom. The number of rotatable bonds is 0. The summed E-state index contributed by atoms with van der Waals surface area (Å²) < 4.78 is 21.3. The zero-order valence-electron chi connectivity index (χ0n) is 11.8. The summed E-state index contributed by atoms with van der Waals surface area (Å²) in [6.07, 6.45) is 0. The lowest BCUT2D eigenvalue weighted by molar-refractivity contribution is 0.174. The van der Waals surface area contributed by atoms with Crippen molar-refractivity contribution in [3.8, 4) is 17.2 Å². The van der Waals surface area contributed by atoms with Crippen LogP contribution in [-0.2, 0) is 0 Å². The molecule has 0 bridgehead atoms. The van der Waals surface area contributed by atoms with E-state index in [4.69, 9.17) is 18.3 Å². The summed E-state index contributed by atoms with van der Waals surface area (Å²) in [6, 6.07) is 3.00. The van der Waals surface area contributed by atoms with Crippen LogP contribution in [0, 0.1) is 6.92 Å². The maximum absolute atomic E-state index is 12.3. The number of aryl methyl sites for hydroxylation is 1. The minimum Gasteiger partial charge on any atom is -0.504 e. The molecule has 0 radical (unpaired) electrons. The Balaban J connectivity index is 2.24. The fourth-order valence-electron chi connectivity index (χ4n) is 3.10. The molecule has 0 atom stereocenters. The molecule has 4 aromatic rings. The Kier molecular flexibility index (Phi) is 2.01. The van der Waals surface area contributed by atoms with E-state index < -0.39 is 11.3 Å². The Bertz CT molecular complexity index is 1240. The highest BCUT2D eigenvalue weighted by atomic mass is 16.7. The van der Waals surface area contributed by atoms with Crippen molar-refractivity contribution < 1.29 is 23.4 Å². The molecule has 7 heteroatoms. The van der Waals surface area contributed by atoms with Gasteiger partial charge in [-0.25, -0.2) is 9.59 Å². The zero-order valence-corrected chi connectivity index (χ0v) is 11.8. The third kappa shape index (κ3) is 1.34. The third-order valence-corrected chi connectivity index (χ3v) is 4.14. The van der Waals surface area contributed by atoms with Gasteiger partial charge in [0.05, 0.1) is 10.8 Å². The second-order valence-electron chi connectivity index (χ2n) is 5.43. The quantitative estimate of drug-likeness (QED) is 0.392. The van der Waals surface area contributed by atoms with Gasteiger partial charge in [-0.3, -0.25) is 0 Å². The van der Waals surface area contributed by atoms with Gasteiger partial charge in [-0.15, -0.1) is 0 Å². The molecular formula is C16H8O7. The van der Waals surface area contributed by atoms with Gasteiger partial charge in [0.2, 0.25) is 12.5 Å². The highest BCUT2D eigenvalue weighted by Crippen LogP contribution is 2.45. The van der Waals surface area contributed by atoms with Crippen LogP contribution < -0.4 is 20.7 Å². The van der Waals surface area contributed by atoms with E-state index in [2.05, 4.69) is 0 Å². The molecule has 1 aliphatic rings. The molecule has 23 heavy (non-hydrogen) atoms. The third-order valence-electron chi connectivity index (χ3n) is 4.14. The van der Waals surface area contributed by atoms with Crippen molar-refractivity contribution in [3.05, 3.63) is 38.5 Å². The molecule has 0 unspecified atom stereocenters. The largest absolute Gasteiger partial charge is 0.504 e. The van der Waals surface area contributed by atoms with E-state index in [0.717, 1.165) is 0 Å². The van der Waals surface area contributed by atoms with Gasteiger partial charge >= 0.3 is 11.3 Å². The average molecular weight is 312 g/mol. The summed E-state index contributed by atoms with van der Waals surface area (Å²) in [7, 11) is 0. The second kappa shape index (κ2) is 3.75. The van der Waals surface area contributed by atoms with Crippen LogP contribution in [0.1, 0.15) is 5.56 Å². The zero-order chi connectivity index (χ0) is 15.9. The fraction of sp³-hybridized carbons (Fsp3) is 0.125. The van der Waals surface area contributed by atoms with Crippen molar-refractivity contribution in [2.24, 2.45) is 0 Å². The van der Waals surface area contributed by atoms with Crippen molar-refractivity contribution in [2.45, 2.75) is 6.92 Å². The molecule has 0 aliphatic carbocycles. The summed E-state index contributed by atoms with van der Waals surface area (Å²) in [5.74, 6) is 0.399. The van der Waals surface area contributed by atoms with Crippen molar-refractivity contribution in [3.63, 3.8) is 0 Å². The maximum atomic E-state index is 12.3. The summed E-state index contributed by atoms with van der Waals surface area (Å²) >= 11 is 0. The van der Waals surface area contributed by atoms with Crippen LogP contribution in [-0.4, -0.2) is 11.9 Å². The number of phenolic OH excluding ortho intramolecular Hbond substituents is 1. The highest BCUT2D eigenvalue weighted by Gasteiger charge is 2.27. The maximum Gasteiger partial charge on any atom is 0.344 e. The molecule has 1 aliphatic heterocycles. The van der Waals surface area contributed by atoms with Gasteiger partial charge in [-0.1, -0.05) is 0 Å². The molecule has 0 spiro atoms. The first kappa shape index (κ1) is 12.3. The van der Waals surface area contributed by atoms with Crippen LogP contribution >= 0.6 is 0 Å². The molecule has 0 saturated carbocycles. The summed E-state index contributed by atoms with van der Waals surface area (Å²) in [4.78, 5) is 24.7. The van der Waals surface area contributed by atoms with Gasteiger partial charge in [0.15, 0.2) is 22.7 Å². The molecule has 114 valence electrons. The van der Waals surface area contributed by atoms with E-state index in [1.54, 1.807) is 6.92 Å². The minimum absolute atomic E-state index is 0.0311. The molecular weight excluding hydrogens is 304 g/mol. The van der Waals surface area contributed by atoms with E-state index in [1.807, 2.05) is 0 Å². The van der Waals surface area contributed by atoms with Crippen LogP contribution in [0.5, 0.6) is 17.2 Å². The van der Waals surface area contributed by atoms with E-state index in [1.165, 1.54) is 12.1 Å². The predicted octanol–water partition coefficient (Wildman–Crippen LogP) is 2.23. The van der Waals surface area contributed by atoms with E-state index in [-0.39, 0.29) is 40.2 Å². The second-order valence-corrected chi connectivity index (χ2v) is 5.43. The lowest BCUT2D eigenvalue weighted by atomic mass is 10.0. The molecule has 0 fully saturated rings. The average Bonchev–Trinajstić information content (AvgIpc) is 2.99. The van der Waals surface area contributed by atoms with Crippen LogP contribution in [0.15, 0.2) is 30.6 Å². The lowest BCUT2D eigenvalue weighted by Crippen LogP contribution is -2.07. The van der Waals surface area contributed by atoms with Gasteiger partial charge in [-0.05, 0) is 24.6 Å². The number of phenols is 1. The predicted molar refractivity (Wildman–Crippen MR) is 79.7 cm³/mol. The molecule has 0 amide bonds. The van der Waals surface area contributed by atoms with Crippen LogP contribution in [0.3, 0.4) is 0 Å². The molecule has 2 aromatic carbocycles. The first-order valence-electron chi connectivity index (χ1n) is 6.84. The van der Waals surface area contributed by atoms with E-state index >= 15 is 0 Å². The summed E-state index contributed by atoms with van der Waals surface area (Å²) in [6.45, 7) is 1.58. The van der Waals surface area contributed by atoms with E-state index in [9.17, 15) is 14.7 Å². The minimum atomic E-state index is -0.656. The highest BCUT2D eigenvalue weighted by molar-refractivity contribution is 6.22. The van der Waals surface area contributed by atoms with Gasteiger partial charge in [0.1, 0.15) is 0 Å². The number of hydrogen-bond donors (Lipinski definition) is 1. The number of fused-ring (bicyclic) bond motifs is 2. The van der Waals surface area contributed by atoms with Gasteiger partial charge in [0, 0.05) is 10.8 Å². The summed E-state index contributed by atoms with van der Waals surface area (Å²) in [5, 5.41) is 11.4. The molecule has 1 N–H and O–H groups in total. The standard InChI is InChI=1S/C16H8O7/c1-5-2-6-9-10-7(16(19)22-13(9)11(5)17)3-8-12(21-4-20-8)14(10)23-15(6)18/h2-3,17H,4H2,1H3. The Labute approximate surface area is 126 Å². The van der Waals surface area contributed by atoms with Crippen LogP contribution in [0.4, 0.5) is 0 Å². The topological polar surface area (TPSA) is 99.1 Å². The Hall–Kier alpha value is -3.22. The van der Waals surface area contributed by atoms with Crippen molar-refractivity contribution >= 4 is 32.7 Å². The van der Waals surface area contributed by atoms with Crippen molar-refractivity contribution in [1.82, 2.24) is 0 Å². The SMILES string of the molecule is Cc1cc2c(=O)oc3c4c(cc5c(=O)oc(c1O)c2c35)OCO4. The number of hydrogen-bond acceptors (Lipinski definition) is 7. The van der Waals surface area contributed by atoms with Crippen LogP contribution in [0.25, 0.3) is 32.7 Å². The lowest BCUT2D eigenvalue weighted by Gasteiger charge is -2.11. The Morgan fingerprint density at radius 3 is 2.39 bits per heavy atom.